The van der Waals surface area contributed by atoms with Gasteiger partial charge in [0.05, 0.1) is 42.9 Å². The number of nitrogens with zero attached hydrogens (tertiary/aromatic N) is 6. The number of benzene rings is 1. The molecule has 6 rings (SSSR count). The van der Waals surface area contributed by atoms with E-state index in [1.54, 1.807) is 11.1 Å². The summed E-state index contributed by atoms with van der Waals surface area (Å²) in [7, 11) is 0. The third-order valence-electron chi connectivity index (χ3n) is 7.56. The summed E-state index contributed by atoms with van der Waals surface area (Å²) in [6, 6.07) is 13.5. The maximum absolute atomic E-state index is 12.5. The minimum atomic E-state index is -5.22. The molecule has 0 N–H and O–H groups in total. The molecule has 0 saturated carbocycles. The van der Waals surface area contributed by atoms with Gasteiger partial charge in [-0.1, -0.05) is 24.3 Å². The van der Waals surface area contributed by atoms with Crippen molar-refractivity contribution in [2.24, 2.45) is 0 Å². The lowest BCUT2D eigenvalue weighted by atomic mass is 9.92. The van der Waals surface area contributed by atoms with Gasteiger partial charge in [0, 0.05) is 24.4 Å². The molecular weight excluding hydrogens is 565 g/mol. The molecule has 0 spiro atoms. The zero-order chi connectivity index (χ0) is 30.0. The Kier molecular flexibility index (Phi) is 7.96. The lowest BCUT2D eigenvalue weighted by Gasteiger charge is -2.31. The average Bonchev–Trinajstić information content (AvgIpc) is 3.39. The van der Waals surface area contributed by atoms with Crippen LogP contribution in [0.25, 0.3) is 16.6 Å². The van der Waals surface area contributed by atoms with Crippen LogP contribution in [0.3, 0.4) is 0 Å². The van der Waals surface area contributed by atoms with Gasteiger partial charge in [-0.3, -0.25) is 9.69 Å². The Bertz CT molecular complexity index is 1730. The van der Waals surface area contributed by atoms with Crippen LogP contribution in [0.15, 0.2) is 48.7 Å². The lowest BCUT2D eigenvalue weighted by Crippen LogP contribution is -2.39. The monoisotopic (exact) mass is 592 g/mol. The van der Waals surface area contributed by atoms with Gasteiger partial charge in [0.1, 0.15) is 11.4 Å². The van der Waals surface area contributed by atoms with Crippen molar-refractivity contribution in [2.75, 3.05) is 50.8 Å². The zero-order valence-electron chi connectivity index (χ0n) is 23.0. The molecule has 0 aliphatic carbocycles. The number of fused-ring (bicyclic) bond motifs is 2. The first-order valence-electron chi connectivity index (χ1n) is 13.9. The molecule has 0 bridgehead atoms. The van der Waals surface area contributed by atoms with Crippen LogP contribution in [0.1, 0.15) is 35.8 Å². The van der Waals surface area contributed by atoms with E-state index in [0.29, 0.717) is 56.2 Å². The SMILES string of the molecule is O=C(CN1CCC(c2c(C#Cc3ccc4ccccc4n3)nc3c(N4CCOCC4)ccnn23)CC1)OC(=O)C(F)(F)F. The van der Waals surface area contributed by atoms with Crippen molar-refractivity contribution in [1.82, 2.24) is 24.5 Å². The summed E-state index contributed by atoms with van der Waals surface area (Å²) in [5.41, 5.74) is 4.43. The number of rotatable bonds is 4. The van der Waals surface area contributed by atoms with Crippen molar-refractivity contribution >= 4 is 34.2 Å². The number of imidazole rings is 1. The zero-order valence-corrected chi connectivity index (χ0v) is 23.0. The number of alkyl halides is 3. The van der Waals surface area contributed by atoms with Gasteiger partial charge in [-0.25, -0.2) is 19.3 Å². The molecule has 10 nitrogen and oxygen atoms in total. The highest BCUT2D eigenvalue weighted by atomic mass is 19.4. The van der Waals surface area contributed by atoms with E-state index in [1.165, 1.54) is 0 Å². The predicted octanol–water partition coefficient (Wildman–Crippen LogP) is 3.33. The number of pyridine rings is 1. The maximum Gasteiger partial charge on any atom is 0.491 e. The summed E-state index contributed by atoms with van der Waals surface area (Å²) < 4.78 is 48.7. The van der Waals surface area contributed by atoms with E-state index in [2.05, 4.69) is 31.6 Å². The molecule has 43 heavy (non-hydrogen) atoms. The number of esters is 2. The van der Waals surface area contributed by atoms with E-state index in [0.717, 1.165) is 35.4 Å². The Hall–Kier alpha value is -4.54. The molecule has 2 aliphatic rings. The standard InChI is InChI=1S/C30H27F3N6O4/c31-30(32,33)29(41)43-26(40)19-37-13-10-21(11-14-37)27-24(8-7-22-6-5-20-3-1-2-4-23(20)35-22)36-28-25(9-12-34-39(27)28)38-15-17-42-18-16-38/h1-6,9,12,21H,10-11,13-19H2. The second kappa shape index (κ2) is 12.0. The number of halogens is 3. The molecule has 0 unspecified atom stereocenters. The van der Waals surface area contributed by atoms with Crippen LogP contribution in [-0.2, 0) is 19.1 Å². The summed E-state index contributed by atoms with van der Waals surface area (Å²) in [5.74, 6) is 2.61. The minimum Gasteiger partial charge on any atom is -0.385 e. The quantitative estimate of drug-likeness (QED) is 0.201. The fourth-order valence-electron chi connectivity index (χ4n) is 5.46. The molecule has 13 heteroatoms. The first-order chi connectivity index (χ1) is 20.8. The number of morpholine rings is 1. The van der Waals surface area contributed by atoms with Crippen molar-refractivity contribution in [1.29, 1.82) is 0 Å². The third kappa shape index (κ3) is 6.30. The summed E-state index contributed by atoms with van der Waals surface area (Å²) in [6.07, 6.45) is -2.35. The van der Waals surface area contributed by atoms with Crippen LogP contribution in [0.5, 0.6) is 0 Å². The molecule has 4 aromatic rings. The number of hydrogen-bond donors (Lipinski definition) is 0. The van der Waals surface area contributed by atoms with Crippen LogP contribution in [0.4, 0.5) is 18.9 Å². The number of aromatic nitrogens is 4. The normalized spacial score (nSPS) is 16.7. The topological polar surface area (TPSA) is 102 Å². The van der Waals surface area contributed by atoms with Crippen LogP contribution in [0, 0.1) is 11.8 Å². The van der Waals surface area contributed by atoms with Crippen LogP contribution >= 0.6 is 0 Å². The third-order valence-corrected chi connectivity index (χ3v) is 7.56. The summed E-state index contributed by atoms with van der Waals surface area (Å²) in [6.45, 7) is 3.03. The Morgan fingerprint density at radius 2 is 1.74 bits per heavy atom. The van der Waals surface area contributed by atoms with Crippen LogP contribution in [0.2, 0.25) is 0 Å². The lowest BCUT2D eigenvalue weighted by molar-refractivity contribution is -0.202. The second-order valence-electron chi connectivity index (χ2n) is 10.3. The number of piperidine rings is 1. The molecule has 5 heterocycles. The van der Waals surface area contributed by atoms with E-state index >= 15 is 0 Å². The molecule has 2 aliphatic heterocycles. The van der Waals surface area contributed by atoms with Crippen LogP contribution < -0.4 is 4.90 Å². The highest BCUT2D eigenvalue weighted by molar-refractivity contribution is 5.89. The molecule has 2 fully saturated rings. The van der Waals surface area contributed by atoms with Crippen molar-refractivity contribution in [3.05, 3.63) is 65.7 Å². The second-order valence-corrected chi connectivity index (χ2v) is 10.3. The van der Waals surface area contributed by atoms with Gasteiger partial charge in [-0.05, 0) is 56.0 Å². The summed E-state index contributed by atoms with van der Waals surface area (Å²) in [4.78, 5) is 36.5. The van der Waals surface area contributed by atoms with Gasteiger partial charge >= 0.3 is 18.1 Å². The van der Waals surface area contributed by atoms with E-state index in [4.69, 9.17) is 9.72 Å². The minimum absolute atomic E-state index is 0.0413. The molecule has 222 valence electrons. The average molecular weight is 593 g/mol. The number of hydrogen-bond acceptors (Lipinski definition) is 9. The van der Waals surface area contributed by atoms with E-state index in [1.807, 2.05) is 47.0 Å². The maximum atomic E-state index is 12.5. The number of para-hydroxylation sites is 1. The smallest absolute Gasteiger partial charge is 0.385 e. The first-order valence-corrected chi connectivity index (χ1v) is 13.9. The van der Waals surface area contributed by atoms with Crippen molar-refractivity contribution in [3.63, 3.8) is 0 Å². The van der Waals surface area contributed by atoms with Gasteiger partial charge in [-0.15, -0.1) is 0 Å². The molecule has 3 aromatic heterocycles. The molecule has 0 atom stereocenters. The number of anilines is 1. The highest BCUT2D eigenvalue weighted by Gasteiger charge is 2.42. The van der Waals surface area contributed by atoms with Crippen molar-refractivity contribution in [3.8, 4) is 11.8 Å². The summed E-state index contributed by atoms with van der Waals surface area (Å²) >= 11 is 0. The molecule has 1 aromatic carbocycles. The number of ether oxygens (including phenoxy) is 2. The number of carbonyl (C=O) groups excluding carboxylic acids is 2. The predicted molar refractivity (Wildman–Crippen MR) is 149 cm³/mol. The Morgan fingerprint density at radius 1 is 0.977 bits per heavy atom. The summed E-state index contributed by atoms with van der Waals surface area (Å²) in [5, 5.41) is 5.65. The molecular formula is C30H27F3N6O4. The molecule has 0 radical (unpaired) electrons. The number of likely N-dealkylation sites (tertiary alicyclic amines) is 1. The van der Waals surface area contributed by atoms with Crippen LogP contribution in [-0.4, -0.2) is 88.5 Å². The van der Waals surface area contributed by atoms with Crippen molar-refractivity contribution in [2.45, 2.75) is 24.9 Å². The molecule has 2 saturated heterocycles. The fraction of sp³-hybridized carbons (Fsp3) is 0.367. The Labute approximate surface area is 244 Å². The number of carbonyl (C=O) groups is 2. The van der Waals surface area contributed by atoms with E-state index in [9.17, 15) is 22.8 Å². The van der Waals surface area contributed by atoms with E-state index in [-0.39, 0.29) is 5.92 Å². The van der Waals surface area contributed by atoms with Crippen molar-refractivity contribution < 1.29 is 32.2 Å². The van der Waals surface area contributed by atoms with E-state index < -0.39 is 24.7 Å². The fourth-order valence-corrected chi connectivity index (χ4v) is 5.46. The van der Waals surface area contributed by atoms with Gasteiger partial charge in [0.25, 0.3) is 0 Å². The van der Waals surface area contributed by atoms with Gasteiger partial charge in [0.15, 0.2) is 5.65 Å². The van der Waals surface area contributed by atoms with Gasteiger partial charge < -0.3 is 14.4 Å². The Balaban J connectivity index is 1.28. The van der Waals surface area contributed by atoms with Gasteiger partial charge in [-0.2, -0.15) is 18.3 Å². The molecule has 0 amide bonds. The highest BCUT2D eigenvalue weighted by Crippen LogP contribution is 2.33. The first kappa shape index (κ1) is 28.6. The van der Waals surface area contributed by atoms with Gasteiger partial charge in [0.2, 0.25) is 0 Å². The largest absolute Gasteiger partial charge is 0.491 e. The Morgan fingerprint density at radius 3 is 2.51 bits per heavy atom.